The van der Waals surface area contributed by atoms with Gasteiger partial charge in [-0.3, -0.25) is 4.90 Å². The van der Waals surface area contributed by atoms with Crippen molar-refractivity contribution in [2.45, 2.75) is 38.8 Å². The van der Waals surface area contributed by atoms with Gasteiger partial charge in [0.1, 0.15) is 5.82 Å². The van der Waals surface area contributed by atoms with Crippen molar-refractivity contribution in [1.29, 1.82) is 0 Å². The highest BCUT2D eigenvalue weighted by Crippen LogP contribution is 2.26. The molecule has 1 saturated heterocycles. The van der Waals surface area contributed by atoms with Gasteiger partial charge < -0.3 is 4.74 Å². The molecule has 1 aromatic carbocycles. The van der Waals surface area contributed by atoms with E-state index in [1.54, 1.807) is 19.2 Å². The third kappa shape index (κ3) is 3.54. The van der Waals surface area contributed by atoms with Crippen LogP contribution in [0, 0.1) is 11.7 Å². The number of halogens is 1. The van der Waals surface area contributed by atoms with Gasteiger partial charge in [-0.05, 0) is 50.8 Å². The molecule has 0 unspecified atom stereocenters. The van der Waals surface area contributed by atoms with Gasteiger partial charge in [0.15, 0.2) is 0 Å². The van der Waals surface area contributed by atoms with Crippen LogP contribution in [0.15, 0.2) is 24.3 Å². The van der Waals surface area contributed by atoms with Crippen molar-refractivity contribution in [3.05, 3.63) is 35.6 Å². The summed E-state index contributed by atoms with van der Waals surface area (Å²) in [7, 11) is 1.77. The summed E-state index contributed by atoms with van der Waals surface area (Å²) in [6.07, 6.45) is 2.05. The minimum atomic E-state index is -0.0938. The predicted octanol–water partition coefficient (Wildman–Crippen LogP) is 3.11. The first-order chi connectivity index (χ1) is 9.11. The van der Waals surface area contributed by atoms with Gasteiger partial charge in [-0.25, -0.2) is 4.39 Å². The highest BCUT2D eigenvalue weighted by Gasteiger charge is 2.30. The lowest BCUT2D eigenvalue weighted by Crippen LogP contribution is -2.48. The number of hydrogen-bond acceptors (Lipinski definition) is 2. The normalized spacial score (nSPS) is 24.9. The van der Waals surface area contributed by atoms with Crippen LogP contribution >= 0.6 is 0 Å². The molecule has 0 radical (unpaired) electrons. The number of hydrogen-bond donors (Lipinski definition) is 0. The third-order valence-corrected chi connectivity index (χ3v) is 4.20. The molecule has 0 spiro atoms. The molecular weight excluding hydrogens is 241 g/mol. The second-order valence-electron chi connectivity index (χ2n) is 5.71. The number of benzene rings is 1. The Kier molecular flexibility index (Phi) is 4.94. The van der Waals surface area contributed by atoms with E-state index in [-0.39, 0.29) is 11.9 Å². The predicted molar refractivity (Wildman–Crippen MR) is 75.7 cm³/mol. The molecule has 1 heterocycles. The number of methoxy groups -OCH3 is 1. The van der Waals surface area contributed by atoms with E-state index in [0.29, 0.717) is 12.0 Å². The molecule has 19 heavy (non-hydrogen) atoms. The molecule has 0 aliphatic carbocycles. The molecule has 1 aromatic rings. The molecule has 2 atom stereocenters. The Bertz CT molecular complexity index is 407. The van der Waals surface area contributed by atoms with Crippen molar-refractivity contribution in [2.75, 3.05) is 20.2 Å². The van der Waals surface area contributed by atoms with E-state index in [1.165, 1.54) is 0 Å². The smallest absolute Gasteiger partial charge is 0.126 e. The lowest BCUT2D eigenvalue weighted by Gasteiger charge is -2.40. The van der Waals surface area contributed by atoms with Gasteiger partial charge in [0.05, 0.1) is 6.10 Å². The molecule has 2 nitrogen and oxygen atoms in total. The minimum absolute atomic E-state index is 0.0938. The van der Waals surface area contributed by atoms with Crippen molar-refractivity contribution in [3.8, 4) is 0 Å². The molecule has 0 amide bonds. The molecule has 0 N–H and O–H groups in total. The highest BCUT2D eigenvalue weighted by atomic mass is 19.1. The summed E-state index contributed by atoms with van der Waals surface area (Å²) < 4.78 is 19.4. The van der Waals surface area contributed by atoms with Crippen LogP contribution in [0.1, 0.15) is 25.8 Å². The van der Waals surface area contributed by atoms with Crippen LogP contribution < -0.4 is 0 Å². The Morgan fingerprint density at radius 1 is 1.37 bits per heavy atom. The number of ether oxygens (including phenoxy) is 1. The van der Waals surface area contributed by atoms with Gasteiger partial charge in [0, 0.05) is 19.7 Å². The molecule has 1 aliphatic heterocycles. The van der Waals surface area contributed by atoms with Gasteiger partial charge in [-0.2, -0.15) is 0 Å². The van der Waals surface area contributed by atoms with E-state index < -0.39 is 0 Å². The van der Waals surface area contributed by atoms with Crippen molar-refractivity contribution < 1.29 is 9.13 Å². The largest absolute Gasteiger partial charge is 0.380 e. The van der Waals surface area contributed by atoms with E-state index in [4.69, 9.17) is 4.74 Å². The second kappa shape index (κ2) is 6.49. The Morgan fingerprint density at radius 2 is 2.11 bits per heavy atom. The van der Waals surface area contributed by atoms with Crippen LogP contribution in [0.5, 0.6) is 0 Å². The molecule has 1 fully saturated rings. The topological polar surface area (TPSA) is 12.5 Å². The lowest BCUT2D eigenvalue weighted by molar-refractivity contribution is -0.0203. The first kappa shape index (κ1) is 14.5. The van der Waals surface area contributed by atoms with Gasteiger partial charge in [-0.1, -0.05) is 18.2 Å². The summed E-state index contributed by atoms with van der Waals surface area (Å²) in [5, 5.41) is 0. The zero-order valence-corrected chi connectivity index (χ0v) is 12.1. The molecular formula is C16H24FNO. The van der Waals surface area contributed by atoms with Crippen LogP contribution in [0.4, 0.5) is 4.39 Å². The van der Waals surface area contributed by atoms with Gasteiger partial charge >= 0.3 is 0 Å². The number of likely N-dealkylation sites (tertiary alicyclic amines) is 1. The summed E-state index contributed by atoms with van der Waals surface area (Å²) >= 11 is 0. The van der Waals surface area contributed by atoms with Gasteiger partial charge in [0.25, 0.3) is 0 Å². The van der Waals surface area contributed by atoms with E-state index in [9.17, 15) is 4.39 Å². The van der Waals surface area contributed by atoms with E-state index in [2.05, 4.69) is 18.7 Å². The van der Waals surface area contributed by atoms with Crippen LogP contribution in [0.3, 0.4) is 0 Å². The van der Waals surface area contributed by atoms with Crippen molar-refractivity contribution in [1.82, 2.24) is 4.90 Å². The Balaban J connectivity index is 2.03. The SMILES string of the molecule is CO[C@@H]1CN(C(C)C)CC[C@@H]1Cc1ccccc1F. The molecule has 0 saturated carbocycles. The summed E-state index contributed by atoms with van der Waals surface area (Å²) in [6, 6.07) is 7.63. The standard InChI is InChI=1S/C16H24FNO/c1-12(2)18-9-8-14(16(11-18)19-3)10-13-6-4-5-7-15(13)17/h4-7,12,14,16H,8-11H2,1-3H3/t14-,16-/m1/s1. The van der Waals surface area contributed by atoms with E-state index in [1.807, 2.05) is 12.1 Å². The number of nitrogens with zero attached hydrogens (tertiary/aromatic N) is 1. The maximum Gasteiger partial charge on any atom is 0.126 e. The molecule has 3 heteroatoms. The Labute approximate surface area is 115 Å². The van der Waals surface area contributed by atoms with Gasteiger partial charge in [-0.15, -0.1) is 0 Å². The zero-order valence-electron chi connectivity index (χ0n) is 12.1. The number of piperidine rings is 1. The van der Waals surface area contributed by atoms with Crippen LogP contribution in [0.25, 0.3) is 0 Å². The molecule has 0 aromatic heterocycles. The fraction of sp³-hybridized carbons (Fsp3) is 0.625. The summed E-state index contributed by atoms with van der Waals surface area (Å²) in [6.45, 7) is 6.46. The maximum absolute atomic E-state index is 13.7. The van der Waals surface area contributed by atoms with Crippen LogP contribution in [0.2, 0.25) is 0 Å². The fourth-order valence-corrected chi connectivity index (χ4v) is 2.90. The molecule has 106 valence electrons. The fourth-order valence-electron chi connectivity index (χ4n) is 2.90. The van der Waals surface area contributed by atoms with Gasteiger partial charge in [0.2, 0.25) is 0 Å². The Hall–Kier alpha value is -0.930. The average Bonchev–Trinajstić information content (AvgIpc) is 2.41. The van der Waals surface area contributed by atoms with Crippen LogP contribution in [-0.2, 0) is 11.2 Å². The third-order valence-electron chi connectivity index (χ3n) is 4.20. The molecule has 2 rings (SSSR count). The monoisotopic (exact) mass is 265 g/mol. The van der Waals surface area contributed by atoms with Crippen LogP contribution in [-0.4, -0.2) is 37.2 Å². The second-order valence-corrected chi connectivity index (χ2v) is 5.71. The van der Waals surface area contributed by atoms with E-state index >= 15 is 0 Å². The van der Waals surface area contributed by atoms with Crippen molar-refractivity contribution in [3.63, 3.8) is 0 Å². The molecule has 0 bridgehead atoms. The average molecular weight is 265 g/mol. The quantitative estimate of drug-likeness (QED) is 0.829. The van der Waals surface area contributed by atoms with E-state index in [0.717, 1.165) is 31.5 Å². The van der Waals surface area contributed by atoms with Crippen molar-refractivity contribution >= 4 is 0 Å². The minimum Gasteiger partial charge on any atom is -0.380 e. The zero-order chi connectivity index (χ0) is 13.8. The summed E-state index contributed by atoms with van der Waals surface area (Å²) in [5.74, 6) is 0.320. The first-order valence-electron chi connectivity index (χ1n) is 7.12. The number of rotatable bonds is 4. The molecule has 1 aliphatic rings. The van der Waals surface area contributed by atoms with Crippen molar-refractivity contribution in [2.24, 2.45) is 5.92 Å². The highest BCUT2D eigenvalue weighted by molar-refractivity contribution is 5.18. The first-order valence-corrected chi connectivity index (χ1v) is 7.12. The Morgan fingerprint density at radius 3 is 2.74 bits per heavy atom. The summed E-state index contributed by atoms with van der Waals surface area (Å²) in [4.78, 5) is 2.44. The summed E-state index contributed by atoms with van der Waals surface area (Å²) in [5.41, 5.74) is 0.813. The maximum atomic E-state index is 13.7. The lowest BCUT2D eigenvalue weighted by atomic mass is 9.87.